The first-order chi connectivity index (χ1) is 8.52. The highest BCUT2D eigenvalue weighted by atomic mass is 19.4. The zero-order chi connectivity index (χ0) is 13.2. The minimum Gasteiger partial charge on any atom is -0.297 e. The summed E-state index contributed by atoms with van der Waals surface area (Å²) in [5, 5.41) is 0. The molecule has 0 radical (unpaired) electrons. The summed E-state index contributed by atoms with van der Waals surface area (Å²) >= 11 is 0. The molecule has 0 aliphatic carbocycles. The molecule has 2 atom stereocenters. The third kappa shape index (κ3) is 2.86. The molecule has 0 spiro atoms. The lowest BCUT2D eigenvalue weighted by Gasteiger charge is -2.39. The Balaban J connectivity index is 2.19. The number of alkyl halides is 3. The molecule has 0 amide bonds. The maximum absolute atomic E-state index is 12.8. The SMILES string of the molecule is CCN1CC[C@H](C(F)(F)F)C[C@H]1c1ccccc1. The van der Waals surface area contributed by atoms with Crippen LogP contribution in [-0.2, 0) is 0 Å². The van der Waals surface area contributed by atoms with E-state index in [1.807, 2.05) is 37.3 Å². The molecular weight excluding hydrogens is 239 g/mol. The van der Waals surface area contributed by atoms with Gasteiger partial charge in [-0.05, 0) is 31.5 Å². The Morgan fingerprint density at radius 2 is 1.89 bits per heavy atom. The summed E-state index contributed by atoms with van der Waals surface area (Å²) in [5.74, 6) is -1.16. The number of likely N-dealkylation sites (tertiary alicyclic amines) is 1. The van der Waals surface area contributed by atoms with E-state index < -0.39 is 12.1 Å². The average molecular weight is 257 g/mol. The quantitative estimate of drug-likeness (QED) is 0.773. The number of piperidine rings is 1. The van der Waals surface area contributed by atoms with Gasteiger partial charge in [0.05, 0.1) is 5.92 Å². The molecule has 0 N–H and O–H groups in total. The first kappa shape index (κ1) is 13.4. The van der Waals surface area contributed by atoms with Crippen LogP contribution in [0.3, 0.4) is 0 Å². The summed E-state index contributed by atoms with van der Waals surface area (Å²) in [6.07, 6.45) is -3.66. The first-order valence-electron chi connectivity index (χ1n) is 6.38. The van der Waals surface area contributed by atoms with Crippen molar-refractivity contribution in [3.63, 3.8) is 0 Å². The van der Waals surface area contributed by atoms with Crippen LogP contribution in [0.15, 0.2) is 30.3 Å². The Kier molecular flexibility index (Phi) is 3.95. The Morgan fingerprint density at radius 1 is 1.22 bits per heavy atom. The third-order valence-electron chi connectivity index (χ3n) is 3.77. The molecule has 1 aliphatic rings. The Morgan fingerprint density at radius 3 is 2.44 bits per heavy atom. The van der Waals surface area contributed by atoms with Gasteiger partial charge in [-0.15, -0.1) is 0 Å². The van der Waals surface area contributed by atoms with Gasteiger partial charge in [0.25, 0.3) is 0 Å². The monoisotopic (exact) mass is 257 g/mol. The van der Waals surface area contributed by atoms with Crippen molar-refractivity contribution in [3.05, 3.63) is 35.9 Å². The minimum atomic E-state index is -4.06. The van der Waals surface area contributed by atoms with Gasteiger partial charge in [-0.3, -0.25) is 4.90 Å². The largest absolute Gasteiger partial charge is 0.391 e. The summed E-state index contributed by atoms with van der Waals surface area (Å²) in [7, 11) is 0. The van der Waals surface area contributed by atoms with Gasteiger partial charge < -0.3 is 0 Å². The topological polar surface area (TPSA) is 3.24 Å². The zero-order valence-electron chi connectivity index (χ0n) is 10.5. The number of rotatable bonds is 2. The van der Waals surface area contributed by atoms with E-state index in [9.17, 15) is 13.2 Å². The van der Waals surface area contributed by atoms with Crippen molar-refractivity contribution in [1.29, 1.82) is 0 Å². The van der Waals surface area contributed by atoms with Crippen molar-refractivity contribution in [2.24, 2.45) is 5.92 Å². The fourth-order valence-corrected chi connectivity index (χ4v) is 2.71. The van der Waals surface area contributed by atoms with E-state index in [0.29, 0.717) is 6.54 Å². The molecule has 100 valence electrons. The van der Waals surface area contributed by atoms with Gasteiger partial charge in [-0.1, -0.05) is 37.3 Å². The van der Waals surface area contributed by atoms with E-state index >= 15 is 0 Å². The van der Waals surface area contributed by atoms with Crippen LogP contribution in [0.1, 0.15) is 31.4 Å². The van der Waals surface area contributed by atoms with E-state index in [-0.39, 0.29) is 18.9 Å². The fraction of sp³-hybridized carbons (Fsp3) is 0.571. The van der Waals surface area contributed by atoms with Crippen LogP contribution in [0.25, 0.3) is 0 Å². The molecule has 1 aromatic carbocycles. The number of hydrogen-bond donors (Lipinski definition) is 0. The third-order valence-corrected chi connectivity index (χ3v) is 3.77. The lowest BCUT2D eigenvalue weighted by Crippen LogP contribution is -2.41. The standard InChI is InChI=1S/C14H18F3N/c1-2-18-9-8-12(14(15,16)17)10-13(18)11-6-4-3-5-7-11/h3-7,12-13H,2,8-10H2,1H3/t12-,13-/m0/s1. The molecule has 2 rings (SSSR count). The van der Waals surface area contributed by atoms with Crippen molar-refractivity contribution < 1.29 is 13.2 Å². The van der Waals surface area contributed by atoms with E-state index in [1.165, 1.54) is 0 Å². The number of hydrogen-bond acceptors (Lipinski definition) is 1. The molecule has 0 saturated carbocycles. The summed E-state index contributed by atoms with van der Waals surface area (Å²) in [5.41, 5.74) is 0.994. The molecule has 0 bridgehead atoms. The molecule has 1 aromatic rings. The molecule has 0 unspecified atom stereocenters. The van der Waals surface area contributed by atoms with E-state index in [1.54, 1.807) is 0 Å². The highest BCUT2D eigenvalue weighted by molar-refractivity contribution is 5.19. The van der Waals surface area contributed by atoms with Crippen LogP contribution in [0, 0.1) is 5.92 Å². The van der Waals surface area contributed by atoms with Crippen LogP contribution in [0.2, 0.25) is 0 Å². The highest BCUT2D eigenvalue weighted by Crippen LogP contribution is 2.41. The summed E-state index contributed by atoms with van der Waals surface area (Å²) < 4.78 is 38.5. The Labute approximate surface area is 106 Å². The predicted molar refractivity (Wildman–Crippen MR) is 65.2 cm³/mol. The molecular formula is C14H18F3N. The molecule has 1 nitrogen and oxygen atoms in total. The predicted octanol–water partition coefficient (Wildman–Crippen LogP) is 4.02. The smallest absolute Gasteiger partial charge is 0.297 e. The van der Waals surface area contributed by atoms with E-state index in [0.717, 1.165) is 12.1 Å². The highest BCUT2D eigenvalue weighted by Gasteiger charge is 2.44. The minimum absolute atomic E-state index is 0.100. The van der Waals surface area contributed by atoms with Crippen molar-refractivity contribution in [1.82, 2.24) is 4.90 Å². The van der Waals surface area contributed by atoms with Gasteiger partial charge >= 0.3 is 6.18 Å². The summed E-state index contributed by atoms with van der Waals surface area (Å²) in [6, 6.07) is 9.42. The lowest BCUT2D eigenvalue weighted by molar-refractivity contribution is -0.190. The summed E-state index contributed by atoms with van der Waals surface area (Å²) in [4.78, 5) is 2.14. The van der Waals surface area contributed by atoms with Crippen LogP contribution < -0.4 is 0 Å². The van der Waals surface area contributed by atoms with Crippen LogP contribution in [0.4, 0.5) is 13.2 Å². The maximum Gasteiger partial charge on any atom is 0.391 e. The average Bonchev–Trinajstić information content (AvgIpc) is 2.38. The fourth-order valence-electron chi connectivity index (χ4n) is 2.71. The number of halogens is 3. The van der Waals surface area contributed by atoms with Crippen molar-refractivity contribution >= 4 is 0 Å². The van der Waals surface area contributed by atoms with Crippen LogP contribution >= 0.6 is 0 Å². The normalized spacial score (nSPS) is 26.2. The zero-order valence-corrected chi connectivity index (χ0v) is 10.5. The summed E-state index contributed by atoms with van der Waals surface area (Å²) in [6.45, 7) is 3.33. The van der Waals surface area contributed by atoms with Gasteiger partial charge in [0.15, 0.2) is 0 Å². The second-order valence-corrected chi connectivity index (χ2v) is 4.82. The van der Waals surface area contributed by atoms with Crippen LogP contribution in [-0.4, -0.2) is 24.2 Å². The maximum atomic E-state index is 12.8. The van der Waals surface area contributed by atoms with E-state index in [4.69, 9.17) is 0 Å². The lowest BCUT2D eigenvalue weighted by atomic mass is 9.86. The second-order valence-electron chi connectivity index (χ2n) is 4.82. The molecule has 1 aliphatic heterocycles. The Hall–Kier alpha value is -1.03. The molecule has 0 aromatic heterocycles. The van der Waals surface area contributed by atoms with E-state index in [2.05, 4.69) is 4.90 Å². The van der Waals surface area contributed by atoms with Gasteiger partial charge in [0.2, 0.25) is 0 Å². The molecule has 1 fully saturated rings. The van der Waals surface area contributed by atoms with Gasteiger partial charge in [0.1, 0.15) is 0 Å². The van der Waals surface area contributed by atoms with Crippen molar-refractivity contribution in [2.45, 2.75) is 32.0 Å². The second kappa shape index (κ2) is 5.31. The molecule has 1 heterocycles. The van der Waals surface area contributed by atoms with Crippen molar-refractivity contribution in [3.8, 4) is 0 Å². The van der Waals surface area contributed by atoms with Gasteiger partial charge in [-0.25, -0.2) is 0 Å². The number of benzene rings is 1. The number of nitrogens with zero attached hydrogens (tertiary/aromatic N) is 1. The first-order valence-corrected chi connectivity index (χ1v) is 6.38. The van der Waals surface area contributed by atoms with Gasteiger partial charge in [0, 0.05) is 6.04 Å². The molecule has 18 heavy (non-hydrogen) atoms. The van der Waals surface area contributed by atoms with Gasteiger partial charge in [-0.2, -0.15) is 13.2 Å². The molecule has 1 saturated heterocycles. The van der Waals surface area contributed by atoms with Crippen LogP contribution in [0.5, 0.6) is 0 Å². The van der Waals surface area contributed by atoms with Crippen molar-refractivity contribution in [2.75, 3.05) is 13.1 Å². The molecule has 4 heteroatoms. The Bertz CT molecular complexity index is 374.